The van der Waals surface area contributed by atoms with E-state index in [0.29, 0.717) is 12.2 Å². The summed E-state index contributed by atoms with van der Waals surface area (Å²) < 4.78 is 5.51. The highest BCUT2D eigenvalue weighted by Gasteiger charge is 2.16. The number of H-pyrrole nitrogens is 1. The molecule has 1 aromatic carbocycles. The summed E-state index contributed by atoms with van der Waals surface area (Å²) in [5.74, 6) is -0.344. The second-order valence-corrected chi connectivity index (χ2v) is 5.66. The van der Waals surface area contributed by atoms with E-state index < -0.39 is 0 Å². The third kappa shape index (κ3) is 3.87. The lowest BCUT2D eigenvalue weighted by molar-refractivity contribution is 0.0906. The Morgan fingerprint density at radius 1 is 1.22 bits per heavy atom. The van der Waals surface area contributed by atoms with Crippen molar-refractivity contribution in [3.8, 4) is 11.3 Å². The fourth-order valence-electron chi connectivity index (χ4n) is 2.75. The van der Waals surface area contributed by atoms with Crippen molar-refractivity contribution in [3.05, 3.63) is 58.4 Å². The van der Waals surface area contributed by atoms with Gasteiger partial charge in [-0.3, -0.25) is 9.59 Å². The Balaban J connectivity index is 1.63. The minimum atomic E-state index is -0.374. The van der Waals surface area contributed by atoms with Crippen molar-refractivity contribution in [3.63, 3.8) is 0 Å². The van der Waals surface area contributed by atoms with Gasteiger partial charge in [-0.05, 0) is 37.0 Å². The topological polar surface area (TPSA) is 71.2 Å². The first-order valence-electron chi connectivity index (χ1n) is 7.92. The van der Waals surface area contributed by atoms with Gasteiger partial charge in [0.25, 0.3) is 11.5 Å². The highest BCUT2D eigenvalue weighted by Crippen LogP contribution is 2.15. The molecule has 0 unspecified atom stereocenters. The molecule has 0 bridgehead atoms. The van der Waals surface area contributed by atoms with Crippen LogP contribution >= 0.6 is 0 Å². The Kier molecular flexibility index (Phi) is 4.88. The summed E-state index contributed by atoms with van der Waals surface area (Å²) >= 11 is 0. The van der Waals surface area contributed by atoms with E-state index in [4.69, 9.17) is 4.74 Å². The van der Waals surface area contributed by atoms with E-state index in [1.54, 1.807) is 12.1 Å². The normalized spacial score (nSPS) is 17.1. The van der Waals surface area contributed by atoms with Crippen LogP contribution < -0.4 is 10.9 Å². The second kappa shape index (κ2) is 7.24. The Labute approximate surface area is 134 Å². The van der Waals surface area contributed by atoms with Crippen LogP contribution in [0.2, 0.25) is 0 Å². The monoisotopic (exact) mass is 312 g/mol. The highest BCUT2D eigenvalue weighted by atomic mass is 16.5. The van der Waals surface area contributed by atoms with Crippen LogP contribution in [-0.2, 0) is 4.74 Å². The van der Waals surface area contributed by atoms with Gasteiger partial charge in [0.2, 0.25) is 0 Å². The number of amides is 1. The molecule has 0 saturated carbocycles. The van der Waals surface area contributed by atoms with Crippen LogP contribution in [-0.4, -0.2) is 30.1 Å². The summed E-state index contributed by atoms with van der Waals surface area (Å²) in [6.07, 6.45) is 3.14. The average Bonchev–Trinajstić information content (AvgIpc) is 3.09. The van der Waals surface area contributed by atoms with Crippen LogP contribution in [0, 0.1) is 0 Å². The highest BCUT2D eigenvalue weighted by molar-refractivity contribution is 5.94. The molecule has 1 aliphatic heterocycles. The van der Waals surface area contributed by atoms with Gasteiger partial charge in [-0.2, -0.15) is 0 Å². The van der Waals surface area contributed by atoms with Gasteiger partial charge in [-0.25, -0.2) is 0 Å². The fourth-order valence-corrected chi connectivity index (χ4v) is 2.75. The maximum atomic E-state index is 12.1. The summed E-state index contributed by atoms with van der Waals surface area (Å²) in [6, 6.07) is 12.9. The number of carbonyl (C=O) groups is 1. The van der Waals surface area contributed by atoms with E-state index in [2.05, 4.69) is 10.3 Å². The third-order valence-electron chi connectivity index (χ3n) is 4.01. The molecule has 0 radical (unpaired) electrons. The molecule has 120 valence electrons. The molecule has 1 amide bonds. The molecule has 3 rings (SSSR count). The first-order valence-corrected chi connectivity index (χ1v) is 7.92. The molecule has 1 aromatic heterocycles. The summed E-state index contributed by atoms with van der Waals surface area (Å²) in [4.78, 5) is 27.0. The standard InChI is InChI=1S/C18H20N2O3/c21-17(19-11-10-14-7-4-12-23-14)15-8-9-16(20-18(15)22)13-5-2-1-3-6-13/h1-3,5-6,8-9,14H,4,7,10-12H2,(H,19,21)(H,20,22)/t14-/m0/s1. The van der Waals surface area contributed by atoms with Gasteiger partial charge in [0.1, 0.15) is 5.56 Å². The molecule has 1 fully saturated rings. The maximum Gasteiger partial charge on any atom is 0.261 e. The molecule has 0 spiro atoms. The van der Waals surface area contributed by atoms with Crippen molar-refractivity contribution >= 4 is 5.91 Å². The first-order chi connectivity index (χ1) is 11.2. The lowest BCUT2D eigenvalue weighted by atomic mass is 10.1. The number of hydrogen-bond donors (Lipinski definition) is 2. The van der Waals surface area contributed by atoms with Crippen LogP contribution in [0.15, 0.2) is 47.3 Å². The molecule has 2 N–H and O–H groups in total. The second-order valence-electron chi connectivity index (χ2n) is 5.66. The third-order valence-corrected chi connectivity index (χ3v) is 4.01. The molecular weight excluding hydrogens is 292 g/mol. The molecule has 1 saturated heterocycles. The van der Waals surface area contributed by atoms with E-state index in [1.807, 2.05) is 30.3 Å². The Hall–Kier alpha value is -2.40. The smallest absolute Gasteiger partial charge is 0.261 e. The molecule has 23 heavy (non-hydrogen) atoms. The minimum absolute atomic E-state index is 0.136. The van der Waals surface area contributed by atoms with Crippen molar-refractivity contribution in [1.82, 2.24) is 10.3 Å². The van der Waals surface area contributed by atoms with Crippen LogP contribution in [0.25, 0.3) is 11.3 Å². The Bertz CT molecular complexity index is 719. The summed E-state index contributed by atoms with van der Waals surface area (Å²) in [7, 11) is 0. The zero-order valence-electron chi connectivity index (χ0n) is 12.9. The van der Waals surface area contributed by atoms with Gasteiger partial charge in [0.15, 0.2) is 0 Å². The van der Waals surface area contributed by atoms with Gasteiger partial charge in [-0.1, -0.05) is 30.3 Å². The van der Waals surface area contributed by atoms with Crippen LogP contribution in [0.5, 0.6) is 0 Å². The van der Waals surface area contributed by atoms with Crippen LogP contribution in [0.3, 0.4) is 0 Å². The van der Waals surface area contributed by atoms with Crippen molar-refractivity contribution in [1.29, 1.82) is 0 Å². The largest absolute Gasteiger partial charge is 0.378 e. The predicted octanol–water partition coefficient (Wildman–Crippen LogP) is 2.34. The van der Waals surface area contributed by atoms with Crippen LogP contribution in [0.4, 0.5) is 0 Å². The molecule has 5 nitrogen and oxygen atoms in total. The van der Waals surface area contributed by atoms with Crippen molar-refractivity contribution in [2.24, 2.45) is 0 Å². The zero-order chi connectivity index (χ0) is 16.1. The number of nitrogens with one attached hydrogen (secondary N) is 2. The van der Waals surface area contributed by atoms with Gasteiger partial charge >= 0.3 is 0 Å². The van der Waals surface area contributed by atoms with E-state index in [0.717, 1.165) is 31.4 Å². The zero-order valence-corrected chi connectivity index (χ0v) is 12.9. The molecule has 2 heterocycles. The van der Waals surface area contributed by atoms with Gasteiger partial charge in [0, 0.05) is 18.8 Å². The van der Waals surface area contributed by atoms with Crippen molar-refractivity contribution in [2.45, 2.75) is 25.4 Å². The number of rotatable bonds is 5. The average molecular weight is 312 g/mol. The van der Waals surface area contributed by atoms with Gasteiger partial charge in [0.05, 0.1) is 6.10 Å². The maximum absolute atomic E-state index is 12.1. The molecular formula is C18H20N2O3. The minimum Gasteiger partial charge on any atom is -0.378 e. The molecule has 1 aliphatic rings. The van der Waals surface area contributed by atoms with E-state index in [-0.39, 0.29) is 23.1 Å². The summed E-state index contributed by atoms with van der Waals surface area (Å²) in [6.45, 7) is 1.32. The number of benzene rings is 1. The Morgan fingerprint density at radius 3 is 2.74 bits per heavy atom. The number of hydrogen-bond acceptors (Lipinski definition) is 3. The number of ether oxygens (including phenoxy) is 1. The van der Waals surface area contributed by atoms with Gasteiger partial charge < -0.3 is 15.0 Å². The lowest BCUT2D eigenvalue weighted by Gasteiger charge is -2.10. The molecule has 2 aromatic rings. The van der Waals surface area contributed by atoms with E-state index in [9.17, 15) is 9.59 Å². The molecule has 5 heteroatoms. The first kappa shape index (κ1) is 15.5. The van der Waals surface area contributed by atoms with Crippen LogP contribution in [0.1, 0.15) is 29.6 Å². The van der Waals surface area contributed by atoms with E-state index in [1.165, 1.54) is 0 Å². The predicted molar refractivity (Wildman–Crippen MR) is 88.4 cm³/mol. The lowest BCUT2D eigenvalue weighted by Crippen LogP contribution is -2.31. The molecule has 1 atom stereocenters. The number of aromatic nitrogens is 1. The van der Waals surface area contributed by atoms with Crippen molar-refractivity contribution < 1.29 is 9.53 Å². The quantitative estimate of drug-likeness (QED) is 0.890. The number of aromatic amines is 1. The summed E-state index contributed by atoms with van der Waals surface area (Å²) in [5, 5.41) is 2.79. The van der Waals surface area contributed by atoms with E-state index >= 15 is 0 Å². The van der Waals surface area contributed by atoms with Gasteiger partial charge in [-0.15, -0.1) is 0 Å². The Morgan fingerprint density at radius 2 is 2.04 bits per heavy atom. The number of pyridine rings is 1. The summed E-state index contributed by atoms with van der Waals surface area (Å²) in [5.41, 5.74) is 1.37. The fraction of sp³-hybridized carbons (Fsp3) is 0.333. The van der Waals surface area contributed by atoms with Crippen molar-refractivity contribution in [2.75, 3.05) is 13.2 Å². The SMILES string of the molecule is O=C(NCC[C@@H]1CCCO1)c1ccc(-c2ccccc2)[nH]c1=O. The number of carbonyl (C=O) groups excluding carboxylic acids is 1. The molecule has 0 aliphatic carbocycles.